The Morgan fingerprint density at radius 3 is 2.19 bits per heavy atom. The fourth-order valence-corrected chi connectivity index (χ4v) is 4.50. The Morgan fingerprint density at radius 1 is 0.938 bits per heavy atom. The topological polar surface area (TPSA) is 20.3 Å². The molecule has 0 saturated carbocycles. The SMILES string of the molecule is Cc1cccc(N2C(=O)C(C)(c3ccc(C(C)(C)C(C)(F)F)cc3)c3cc(Cl)ccc32)c1. The molecule has 4 rings (SSSR count). The van der Waals surface area contributed by atoms with E-state index in [1.54, 1.807) is 35.2 Å². The molecule has 1 aliphatic rings. The summed E-state index contributed by atoms with van der Waals surface area (Å²) in [5.41, 5.74) is 2.32. The number of carbonyl (C=O) groups is 1. The highest BCUT2D eigenvalue weighted by molar-refractivity contribution is 6.31. The summed E-state index contributed by atoms with van der Waals surface area (Å²) in [5, 5.41) is 0.539. The Kier molecular flexibility index (Phi) is 5.21. The zero-order chi connectivity index (χ0) is 23.5. The Labute approximate surface area is 192 Å². The predicted octanol–water partition coefficient (Wildman–Crippen LogP) is 7.57. The van der Waals surface area contributed by atoms with Gasteiger partial charge in [0.15, 0.2) is 0 Å². The molecule has 1 atom stereocenters. The maximum absolute atomic E-state index is 14.2. The maximum Gasteiger partial charge on any atom is 0.254 e. The number of hydrogen-bond acceptors (Lipinski definition) is 1. The molecule has 0 radical (unpaired) electrons. The van der Waals surface area contributed by atoms with Crippen LogP contribution in [0.3, 0.4) is 0 Å². The highest BCUT2D eigenvalue weighted by atomic mass is 35.5. The van der Waals surface area contributed by atoms with Gasteiger partial charge < -0.3 is 0 Å². The minimum Gasteiger partial charge on any atom is -0.280 e. The molecule has 3 aromatic carbocycles. The van der Waals surface area contributed by atoms with Crippen LogP contribution in [0.25, 0.3) is 0 Å². The molecule has 32 heavy (non-hydrogen) atoms. The zero-order valence-corrected chi connectivity index (χ0v) is 19.6. The lowest BCUT2D eigenvalue weighted by Crippen LogP contribution is -2.38. The number of aryl methyl sites for hydroxylation is 1. The smallest absolute Gasteiger partial charge is 0.254 e. The number of nitrogens with zero attached hydrogens (tertiary/aromatic N) is 1. The minimum atomic E-state index is -2.89. The number of anilines is 2. The lowest BCUT2D eigenvalue weighted by atomic mass is 9.74. The molecule has 2 nitrogen and oxygen atoms in total. The zero-order valence-electron chi connectivity index (χ0n) is 18.8. The van der Waals surface area contributed by atoms with Gasteiger partial charge in [-0.2, -0.15) is 0 Å². The maximum atomic E-state index is 14.2. The summed E-state index contributed by atoms with van der Waals surface area (Å²) in [6.45, 7) is 7.84. The van der Waals surface area contributed by atoms with Gasteiger partial charge in [0.1, 0.15) is 0 Å². The molecule has 0 spiro atoms. The first-order valence-electron chi connectivity index (χ1n) is 10.6. The molecular weight excluding hydrogens is 428 g/mol. The van der Waals surface area contributed by atoms with E-state index < -0.39 is 16.8 Å². The number of alkyl halides is 2. The summed E-state index contributed by atoms with van der Waals surface area (Å²) in [7, 11) is 0. The van der Waals surface area contributed by atoms with Crippen molar-refractivity contribution >= 4 is 28.9 Å². The van der Waals surface area contributed by atoms with Gasteiger partial charge in [-0.1, -0.05) is 61.8 Å². The first-order valence-corrected chi connectivity index (χ1v) is 11.0. The first kappa shape index (κ1) is 22.5. The largest absolute Gasteiger partial charge is 0.280 e. The van der Waals surface area contributed by atoms with Gasteiger partial charge in [-0.15, -0.1) is 0 Å². The van der Waals surface area contributed by atoms with Gasteiger partial charge in [0, 0.05) is 17.6 Å². The van der Waals surface area contributed by atoms with E-state index in [9.17, 15) is 13.6 Å². The lowest BCUT2D eigenvalue weighted by molar-refractivity contribution is -0.120. The van der Waals surface area contributed by atoms with Crippen LogP contribution in [0.2, 0.25) is 5.02 Å². The van der Waals surface area contributed by atoms with Crippen molar-refractivity contribution in [3.05, 3.63) is 94.0 Å². The quantitative estimate of drug-likeness (QED) is 0.399. The summed E-state index contributed by atoms with van der Waals surface area (Å²) in [4.78, 5) is 15.6. The second-order valence-corrected chi connectivity index (χ2v) is 9.79. The summed E-state index contributed by atoms with van der Waals surface area (Å²) in [5.74, 6) is -2.99. The third-order valence-electron chi connectivity index (χ3n) is 6.91. The molecule has 0 saturated heterocycles. The van der Waals surface area contributed by atoms with E-state index >= 15 is 0 Å². The van der Waals surface area contributed by atoms with E-state index in [1.165, 1.54) is 13.8 Å². The highest BCUT2D eigenvalue weighted by Crippen LogP contribution is 2.50. The van der Waals surface area contributed by atoms with Gasteiger partial charge in [0.2, 0.25) is 5.91 Å². The normalized spacial score (nSPS) is 18.8. The number of carbonyl (C=O) groups excluding carboxylic acids is 1. The molecule has 1 aliphatic heterocycles. The summed E-state index contributed by atoms with van der Waals surface area (Å²) >= 11 is 6.33. The Hall–Kier alpha value is -2.72. The van der Waals surface area contributed by atoms with Crippen molar-refractivity contribution in [1.82, 2.24) is 0 Å². The fraction of sp³-hybridized carbons (Fsp3) is 0.296. The number of fused-ring (bicyclic) bond motifs is 1. The van der Waals surface area contributed by atoms with Crippen LogP contribution in [0, 0.1) is 6.92 Å². The average Bonchev–Trinajstić information content (AvgIpc) is 2.95. The number of rotatable bonds is 4. The second kappa shape index (κ2) is 7.41. The lowest BCUT2D eigenvalue weighted by Gasteiger charge is -2.32. The molecule has 1 unspecified atom stereocenters. The molecular formula is C27H26ClF2NO. The standard InChI is InChI=1S/C27H26ClF2NO/c1-17-7-6-8-21(15-17)31-23-14-13-20(28)16-22(23)26(4,24(31)32)19-11-9-18(10-12-19)25(2,3)27(5,29)30/h6-16H,1-5H3. The van der Waals surface area contributed by atoms with Gasteiger partial charge in [0.05, 0.1) is 16.5 Å². The van der Waals surface area contributed by atoms with Crippen LogP contribution >= 0.6 is 11.6 Å². The van der Waals surface area contributed by atoms with Crippen molar-refractivity contribution in [2.75, 3.05) is 4.90 Å². The van der Waals surface area contributed by atoms with Gasteiger partial charge in [-0.3, -0.25) is 9.69 Å². The van der Waals surface area contributed by atoms with Crippen molar-refractivity contribution in [2.45, 2.75) is 51.4 Å². The molecule has 0 fully saturated rings. The van der Waals surface area contributed by atoms with Crippen LogP contribution in [-0.2, 0) is 15.6 Å². The van der Waals surface area contributed by atoms with Crippen molar-refractivity contribution < 1.29 is 13.6 Å². The molecule has 1 heterocycles. The highest BCUT2D eigenvalue weighted by Gasteiger charge is 2.50. The number of halogens is 3. The second-order valence-electron chi connectivity index (χ2n) is 9.36. The monoisotopic (exact) mass is 453 g/mol. The summed E-state index contributed by atoms with van der Waals surface area (Å²) in [6, 6.07) is 20.2. The van der Waals surface area contributed by atoms with Crippen molar-refractivity contribution in [3.63, 3.8) is 0 Å². The molecule has 0 bridgehead atoms. The summed E-state index contributed by atoms with van der Waals surface area (Å²) < 4.78 is 28.3. The van der Waals surface area contributed by atoms with Gasteiger partial charge in [-0.25, -0.2) is 8.78 Å². The van der Waals surface area contributed by atoms with Crippen LogP contribution < -0.4 is 4.90 Å². The summed E-state index contributed by atoms with van der Waals surface area (Å²) in [6.07, 6.45) is 0. The minimum absolute atomic E-state index is 0.104. The molecule has 0 N–H and O–H groups in total. The van der Waals surface area contributed by atoms with E-state index in [0.29, 0.717) is 10.6 Å². The fourth-order valence-electron chi connectivity index (χ4n) is 4.33. The first-order chi connectivity index (χ1) is 14.9. The van der Waals surface area contributed by atoms with Gasteiger partial charge in [0.25, 0.3) is 5.92 Å². The third kappa shape index (κ3) is 3.32. The van der Waals surface area contributed by atoms with E-state index in [1.807, 2.05) is 50.2 Å². The van der Waals surface area contributed by atoms with Crippen molar-refractivity contribution in [2.24, 2.45) is 0 Å². The average molecular weight is 454 g/mol. The Balaban J connectivity index is 1.86. The molecule has 3 aromatic rings. The van der Waals surface area contributed by atoms with E-state index in [0.717, 1.165) is 35.0 Å². The number of hydrogen-bond donors (Lipinski definition) is 0. The van der Waals surface area contributed by atoms with Crippen LogP contribution in [0.1, 0.15) is 49.9 Å². The van der Waals surface area contributed by atoms with Crippen molar-refractivity contribution in [1.29, 1.82) is 0 Å². The Bertz CT molecular complexity index is 1200. The van der Waals surface area contributed by atoms with Gasteiger partial charge in [-0.05, 0) is 66.4 Å². The number of amides is 1. The van der Waals surface area contributed by atoms with Gasteiger partial charge >= 0.3 is 0 Å². The van der Waals surface area contributed by atoms with E-state index in [-0.39, 0.29) is 5.91 Å². The Morgan fingerprint density at radius 2 is 1.59 bits per heavy atom. The van der Waals surface area contributed by atoms with E-state index in [4.69, 9.17) is 11.6 Å². The number of benzene rings is 3. The van der Waals surface area contributed by atoms with Crippen LogP contribution in [0.5, 0.6) is 0 Å². The molecule has 1 amide bonds. The molecule has 5 heteroatoms. The van der Waals surface area contributed by atoms with Crippen LogP contribution in [0.15, 0.2) is 66.7 Å². The van der Waals surface area contributed by atoms with Crippen LogP contribution in [0.4, 0.5) is 20.2 Å². The predicted molar refractivity (Wildman–Crippen MR) is 126 cm³/mol. The third-order valence-corrected chi connectivity index (χ3v) is 7.15. The molecule has 0 aromatic heterocycles. The van der Waals surface area contributed by atoms with E-state index in [2.05, 4.69) is 0 Å². The van der Waals surface area contributed by atoms with Crippen LogP contribution in [-0.4, -0.2) is 11.8 Å². The van der Waals surface area contributed by atoms with Crippen molar-refractivity contribution in [3.8, 4) is 0 Å². The molecule has 166 valence electrons. The molecule has 0 aliphatic carbocycles.